The predicted octanol–water partition coefficient (Wildman–Crippen LogP) is 4.08. The number of fused-ring (bicyclic) bond motifs is 1. The van der Waals surface area contributed by atoms with Crippen molar-refractivity contribution >= 4 is 46.8 Å². The second kappa shape index (κ2) is 15.1. The molecule has 5 aromatic rings. The van der Waals surface area contributed by atoms with Crippen LogP contribution in [0.4, 0.5) is 11.4 Å². The summed E-state index contributed by atoms with van der Waals surface area (Å²) in [5.41, 5.74) is 3.87. The van der Waals surface area contributed by atoms with Gasteiger partial charge in [-0.25, -0.2) is 4.68 Å². The summed E-state index contributed by atoms with van der Waals surface area (Å²) in [4.78, 5) is 85.8. The van der Waals surface area contributed by atoms with E-state index in [0.717, 1.165) is 16.2 Å². The number of imide groups is 2. The molecule has 2 unspecified atom stereocenters. The number of piperidine rings is 2. The monoisotopic (exact) mass is 767 g/mol. The van der Waals surface area contributed by atoms with E-state index in [-0.39, 0.29) is 41.5 Å². The second-order valence-corrected chi connectivity index (χ2v) is 14.2. The number of amides is 6. The van der Waals surface area contributed by atoms with Gasteiger partial charge < -0.3 is 19.9 Å². The van der Waals surface area contributed by atoms with E-state index in [4.69, 9.17) is 4.74 Å². The predicted molar refractivity (Wildman–Crippen MR) is 206 cm³/mol. The number of rotatable bonds is 9. The van der Waals surface area contributed by atoms with Crippen LogP contribution >= 0.6 is 0 Å². The van der Waals surface area contributed by atoms with Crippen LogP contribution in [-0.2, 0) is 14.4 Å². The van der Waals surface area contributed by atoms with Crippen LogP contribution < -0.4 is 20.3 Å². The largest absolute Gasteiger partial charge is 0.457 e. The van der Waals surface area contributed by atoms with Gasteiger partial charge in [0.15, 0.2) is 0 Å². The lowest BCUT2D eigenvalue weighted by Gasteiger charge is -2.34. The Hall–Kier alpha value is -7.23. The zero-order chi connectivity index (χ0) is 39.8. The lowest BCUT2D eigenvalue weighted by atomic mass is 9.95. The molecule has 0 radical (unpaired) electrons. The number of aromatic nitrogens is 4. The highest BCUT2D eigenvalue weighted by atomic mass is 16.5. The Labute approximate surface area is 326 Å². The molecule has 8 rings (SSSR count). The lowest BCUT2D eigenvalue weighted by Crippen LogP contribution is -2.54. The topological polar surface area (TPSA) is 189 Å². The summed E-state index contributed by atoms with van der Waals surface area (Å²) in [6, 6.07) is 21.8. The van der Waals surface area contributed by atoms with Gasteiger partial charge in [-0.05, 0) is 73.9 Å². The van der Waals surface area contributed by atoms with E-state index in [1.54, 1.807) is 73.5 Å². The van der Waals surface area contributed by atoms with Gasteiger partial charge in [-0.1, -0.05) is 23.4 Å². The molecule has 288 valence electrons. The molecule has 2 fully saturated rings. The maximum absolute atomic E-state index is 13.7. The number of nitrogens with zero attached hydrogens (tertiary/aromatic N) is 7. The second-order valence-electron chi connectivity index (χ2n) is 14.2. The van der Waals surface area contributed by atoms with Crippen LogP contribution in [0, 0.1) is 5.92 Å². The van der Waals surface area contributed by atoms with Crippen molar-refractivity contribution in [3.05, 3.63) is 108 Å². The number of hydrogen-bond donors (Lipinski definition) is 2. The Balaban J connectivity index is 0.917. The molecule has 0 bridgehead atoms. The van der Waals surface area contributed by atoms with Crippen molar-refractivity contribution in [1.29, 1.82) is 0 Å². The van der Waals surface area contributed by atoms with Crippen molar-refractivity contribution in [1.82, 2.24) is 35.1 Å². The maximum atomic E-state index is 13.7. The third-order valence-electron chi connectivity index (χ3n) is 10.2. The van der Waals surface area contributed by atoms with Gasteiger partial charge in [-0.2, -0.15) is 0 Å². The molecule has 2 atom stereocenters. The molecular formula is C41H37N9O7. The first-order valence-corrected chi connectivity index (χ1v) is 18.4. The molecule has 2 aromatic heterocycles. The van der Waals surface area contributed by atoms with Crippen LogP contribution in [0.2, 0.25) is 0 Å². The summed E-state index contributed by atoms with van der Waals surface area (Å²) in [5.74, 6) is -2.04. The van der Waals surface area contributed by atoms with Crippen molar-refractivity contribution < 1.29 is 33.5 Å². The van der Waals surface area contributed by atoms with Gasteiger partial charge >= 0.3 is 0 Å². The summed E-state index contributed by atoms with van der Waals surface area (Å²) in [5, 5.41) is 13.9. The van der Waals surface area contributed by atoms with Crippen LogP contribution in [0.5, 0.6) is 11.5 Å². The van der Waals surface area contributed by atoms with Crippen molar-refractivity contribution in [2.24, 2.45) is 5.92 Å². The number of hydrogen-bond acceptors (Lipinski definition) is 11. The van der Waals surface area contributed by atoms with E-state index >= 15 is 0 Å². The van der Waals surface area contributed by atoms with Gasteiger partial charge in [0.05, 0.1) is 34.6 Å². The summed E-state index contributed by atoms with van der Waals surface area (Å²) >= 11 is 0. The van der Waals surface area contributed by atoms with Crippen LogP contribution in [-0.4, -0.2) is 98.4 Å². The van der Waals surface area contributed by atoms with E-state index < -0.39 is 35.6 Å². The maximum Gasteiger partial charge on any atom is 0.272 e. The van der Waals surface area contributed by atoms with E-state index in [0.29, 0.717) is 54.5 Å². The summed E-state index contributed by atoms with van der Waals surface area (Å²) in [6.07, 6.45) is 4.72. The van der Waals surface area contributed by atoms with Crippen molar-refractivity contribution in [2.45, 2.75) is 31.7 Å². The van der Waals surface area contributed by atoms with E-state index in [2.05, 4.69) is 25.9 Å². The number of nitrogens with one attached hydrogen (secondary N) is 2. The molecule has 5 heterocycles. The normalized spacial score (nSPS) is 17.9. The minimum Gasteiger partial charge on any atom is -0.457 e. The van der Waals surface area contributed by atoms with Crippen LogP contribution in [0.1, 0.15) is 56.9 Å². The Morgan fingerprint density at radius 3 is 2.51 bits per heavy atom. The minimum absolute atomic E-state index is 0.0348. The fourth-order valence-electron chi connectivity index (χ4n) is 7.32. The number of carbonyl (C=O) groups excluding carboxylic acids is 6. The Morgan fingerprint density at radius 1 is 0.912 bits per heavy atom. The smallest absolute Gasteiger partial charge is 0.272 e. The summed E-state index contributed by atoms with van der Waals surface area (Å²) in [7, 11) is 3.32. The third kappa shape index (κ3) is 7.31. The Bertz CT molecular complexity index is 2440. The van der Waals surface area contributed by atoms with Gasteiger partial charge in [0, 0.05) is 57.1 Å². The van der Waals surface area contributed by atoms with Gasteiger partial charge in [-0.3, -0.25) is 44.0 Å². The summed E-state index contributed by atoms with van der Waals surface area (Å²) < 4.78 is 7.58. The third-order valence-corrected chi connectivity index (χ3v) is 10.2. The van der Waals surface area contributed by atoms with Gasteiger partial charge in [0.25, 0.3) is 17.7 Å². The lowest BCUT2D eigenvalue weighted by molar-refractivity contribution is -0.136. The highest BCUT2D eigenvalue weighted by molar-refractivity contribution is 6.25. The fraction of sp³-hybridized carbons (Fsp3) is 0.244. The molecule has 3 aromatic carbocycles. The standard InChI is InChI=1S/C41H37N9O7/c1-47(2)40(55)31-21-29(17-18-42-31)57-28-13-11-27(12-14-28)49-23-32(45-46-49)24-6-3-8-26(20-24)43-37(52)25-7-5-19-48(22-25)33-10-4-9-30-36(33)41(56)50(39(30)54)34-15-16-35(51)44-38(34)53/h3-4,6,8-14,17-18,20-21,23,25,34H,5,7,15-16,19,22H2,1-2H3,(H,43,52)(H,44,51,53). The molecule has 0 spiro atoms. The van der Waals surface area contributed by atoms with E-state index in [1.807, 2.05) is 35.2 Å². The van der Waals surface area contributed by atoms with E-state index in [1.165, 1.54) is 11.1 Å². The molecule has 2 saturated heterocycles. The Kier molecular flexibility index (Phi) is 9.75. The summed E-state index contributed by atoms with van der Waals surface area (Å²) in [6.45, 7) is 0.894. The fourth-order valence-corrected chi connectivity index (χ4v) is 7.32. The molecule has 3 aliphatic rings. The van der Waals surface area contributed by atoms with Crippen LogP contribution in [0.25, 0.3) is 16.9 Å². The molecule has 0 aliphatic carbocycles. The van der Waals surface area contributed by atoms with Crippen LogP contribution in [0.15, 0.2) is 91.3 Å². The number of pyridine rings is 1. The highest BCUT2D eigenvalue weighted by Crippen LogP contribution is 2.36. The quantitative estimate of drug-likeness (QED) is 0.206. The van der Waals surface area contributed by atoms with Gasteiger partial charge in [-0.15, -0.1) is 5.10 Å². The average molecular weight is 768 g/mol. The zero-order valence-corrected chi connectivity index (χ0v) is 31.0. The SMILES string of the molecule is CN(C)C(=O)c1cc(Oc2ccc(-n3cc(-c4cccc(NC(=O)C5CCCN(c6cccc7c6C(=O)N(C6CCC(=O)NC6=O)C7=O)C5)c4)nn3)cc2)ccn1. The highest BCUT2D eigenvalue weighted by Gasteiger charge is 2.46. The molecule has 6 amide bonds. The number of ether oxygens (including phenoxy) is 1. The molecule has 16 heteroatoms. The van der Waals surface area contributed by atoms with Crippen LogP contribution in [0.3, 0.4) is 0 Å². The number of anilines is 2. The molecule has 3 aliphatic heterocycles. The first-order valence-electron chi connectivity index (χ1n) is 18.4. The Morgan fingerprint density at radius 2 is 1.72 bits per heavy atom. The average Bonchev–Trinajstić information content (AvgIpc) is 3.81. The molecule has 16 nitrogen and oxygen atoms in total. The van der Waals surface area contributed by atoms with Gasteiger partial charge in [0.2, 0.25) is 17.7 Å². The minimum atomic E-state index is -1.06. The molecule has 0 saturated carbocycles. The zero-order valence-electron chi connectivity index (χ0n) is 31.0. The number of benzene rings is 3. The van der Waals surface area contributed by atoms with E-state index in [9.17, 15) is 28.8 Å². The molecule has 57 heavy (non-hydrogen) atoms. The van der Waals surface area contributed by atoms with Crippen molar-refractivity contribution in [2.75, 3.05) is 37.4 Å². The number of carbonyl (C=O) groups is 6. The molecular weight excluding hydrogens is 731 g/mol. The first-order chi connectivity index (χ1) is 27.5. The van der Waals surface area contributed by atoms with Gasteiger partial charge in [0.1, 0.15) is 28.9 Å². The van der Waals surface area contributed by atoms with Crippen molar-refractivity contribution in [3.63, 3.8) is 0 Å². The molecule has 2 N–H and O–H groups in total. The first kappa shape index (κ1) is 36.7. The van der Waals surface area contributed by atoms with Crippen molar-refractivity contribution in [3.8, 4) is 28.4 Å².